The standard InChI is InChI=1S/C22H23BrN2O6/c1-28-15-9-14(10-16(11-15)29-2)13-24-5-7-25(8-6-24)18-3-4-19-17(21(18)23)12-20(30-19)31-22(26)27/h3-4,9-12H,5-8,13H2,1-2H3,(H,26,27). The molecule has 31 heavy (non-hydrogen) atoms. The second-order valence-electron chi connectivity index (χ2n) is 7.23. The minimum absolute atomic E-state index is 0.0427. The Bertz CT molecular complexity index is 1070. The number of piperazine rings is 1. The number of rotatable bonds is 6. The first-order valence-electron chi connectivity index (χ1n) is 9.79. The molecule has 164 valence electrons. The molecule has 0 amide bonds. The van der Waals surface area contributed by atoms with E-state index < -0.39 is 6.16 Å². The third kappa shape index (κ3) is 4.72. The first-order valence-corrected chi connectivity index (χ1v) is 10.6. The number of benzene rings is 2. The Morgan fingerprint density at radius 1 is 1.06 bits per heavy atom. The zero-order chi connectivity index (χ0) is 22.0. The molecule has 0 spiro atoms. The van der Waals surface area contributed by atoms with Gasteiger partial charge in [0.1, 0.15) is 17.1 Å². The Hall–Kier alpha value is -2.91. The highest BCUT2D eigenvalue weighted by Gasteiger charge is 2.21. The highest BCUT2D eigenvalue weighted by Crippen LogP contribution is 2.38. The Balaban J connectivity index is 1.44. The summed E-state index contributed by atoms with van der Waals surface area (Å²) in [6, 6.07) is 11.3. The summed E-state index contributed by atoms with van der Waals surface area (Å²) in [5.74, 6) is 1.53. The van der Waals surface area contributed by atoms with Gasteiger partial charge in [-0.05, 0) is 45.8 Å². The highest BCUT2D eigenvalue weighted by molar-refractivity contribution is 9.10. The van der Waals surface area contributed by atoms with Gasteiger partial charge in [-0.3, -0.25) is 4.90 Å². The Labute approximate surface area is 188 Å². The Morgan fingerprint density at radius 2 is 1.74 bits per heavy atom. The van der Waals surface area contributed by atoms with Crippen molar-refractivity contribution in [1.82, 2.24) is 4.90 Å². The zero-order valence-electron chi connectivity index (χ0n) is 17.3. The summed E-state index contributed by atoms with van der Waals surface area (Å²) >= 11 is 3.65. The van der Waals surface area contributed by atoms with E-state index >= 15 is 0 Å². The van der Waals surface area contributed by atoms with Crippen molar-refractivity contribution in [2.24, 2.45) is 0 Å². The summed E-state index contributed by atoms with van der Waals surface area (Å²) in [5, 5.41) is 9.57. The van der Waals surface area contributed by atoms with E-state index in [0.717, 1.165) is 65.3 Å². The number of carboxylic acid groups (broad SMARTS) is 1. The van der Waals surface area contributed by atoms with Gasteiger partial charge in [0.05, 0.1) is 24.4 Å². The average molecular weight is 491 g/mol. The largest absolute Gasteiger partial charge is 0.513 e. The number of furan rings is 1. The second-order valence-corrected chi connectivity index (χ2v) is 8.02. The molecule has 0 bridgehead atoms. The van der Waals surface area contributed by atoms with Gasteiger partial charge in [-0.25, -0.2) is 4.79 Å². The Kier molecular flexibility index (Phi) is 6.24. The van der Waals surface area contributed by atoms with Crippen molar-refractivity contribution in [3.63, 3.8) is 0 Å². The highest BCUT2D eigenvalue weighted by atomic mass is 79.9. The molecule has 1 aliphatic rings. The molecule has 1 saturated heterocycles. The van der Waals surface area contributed by atoms with E-state index in [-0.39, 0.29) is 5.95 Å². The van der Waals surface area contributed by atoms with Gasteiger partial charge in [0, 0.05) is 50.2 Å². The summed E-state index contributed by atoms with van der Waals surface area (Å²) in [7, 11) is 3.31. The maximum atomic E-state index is 10.8. The summed E-state index contributed by atoms with van der Waals surface area (Å²) in [5.41, 5.74) is 2.76. The SMILES string of the molecule is COc1cc(CN2CCN(c3ccc4oc(OC(=O)O)cc4c3Br)CC2)cc(OC)c1. The van der Waals surface area contributed by atoms with Gasteiger partial charge in [0.25, 0.3) is 5.95 Å². The van der Waals surface area contributed by atoms with Crippen molar-refractivity contribution >= 4 is 38.7 Å². The molecule has 8 nitrogen and oxygen atoms in total. The van der Waals surface area contributed by atoms with Crippen LogP contribution in [0.25, 0.3) is 11.0 Å². The lowest BCUT2D eigenvalue weighted by Gasteiger charge is -2.36. The van der Waals surface area contributed by atoms with E-state index in [9.17, 15) is 4.79 Å². The summed E-state index contributed by atoms with van der Waals surface area (Å²) in [6.07, 6.45) is -1.40. The van der Waals surface area contributed by atoms with Gasteiger partial charge in [-0.15, -0.1) is 0 Å². The average Bonchev–Trinajstić information content (AvgIpc) is 3.17. The van der Waals surface area contributed by atoms with Gasteiger partial charge in [0.15, 0.2) is 0 Å². The van der Waals surface area contributed by atoms with Crippen LogP contribution in [0.4, 0.5) is 10.5 Å². The number of halogens is 1. The van der Waals surface area contributed by atoms with Crippen molar-refractivity contribution in [1.29, 1.82) is 0 Å². The lowest BCUT2D eigenvalue weighted by atomic mass is 10.1. The number of hydrogen-bond acceptors (Lipinski definition) is 7. The minimum Gasteiger partial charge on any atom is -0.497 e. The minimum atomic E-state index is -1.40. The van der Waals surface area contributed by atoms with Crippen LogP contribution in [0.1, 0.15) is 5.56 Å². The molecule has 2 aromatic carbocycles. The normalized spacial score (nSPS) is 14.6. The fourth-order valence-corrected chi connectivity index (χ4v) is 4.48. The van der Waals surface area contributed by atoms with Crippen LogP contribution in [0.5, 0.6) is 17.4 Å². The molecule has 3 aromatic rings. The fourth-order valence-electron chi connectivity index (χ4n) is 3.79. The second kappa shape index (κ2) is 9.07. The quantitative estimate of drug-likeness (QED) is 0.502. The van der Waals surface area contributed by atoms with E-state index in [0.29, 0.717) is 5.58 Å². The van der Waals surface area contributed by atoms with Gasteiger partial charge >= 0.3 is 6.16 Å². The summed E-state index contributed by atoms with van der Waals surface area (Å²) in [4.78, 5) is 15.5. The maximum absolute atomic E-state index is 10.8. The van der Waals surface area contributed by atoms with E-state index in [4.69, 9.17) is 19.0 Å². The smallest absolute Gasteiger partial charge is 0.497 e. The van der Waals surface area contributed by atoms with Crippen molar-refractivity contribution in [2.75, 3.05) is 45.3 Å². The van der Waals surface area contributed by atoms with Crippen molar-refractivity contribution < 1.29 is 28.5 Å². The molecule has 4 rings (SSSR count). The third-order valence-corrected chi connectivity index (χ3v) is 6.14. The van der Waals surface area contributed by atoms with Crippen LogP contribution < -0.4 is 19.1 Å². The molecule has 0 atom stereocenters. The van der Waals surface area contributed by atoms with E-state index in [2.05, 4.69) is 30.5 Å². The zero-order valence-corrected chi connectivity index (χ0v) is 18.8. The molecule has 0 radical (unpaired) electrons. The Morgan fingerprint density at radius 3 is 2.35 bits per heavy atom. The number of ether oxygens (including phenoxy) is 3. The molecular weight excluding hydrogens is 468 g/mol. The molecule has 9 heteroatoms. The van der Waals surface area contributed by atoms with E-state index in [1.54, 1.807) is 20.3 Å². The molecule has 1 N–H and O–H groups in total. The molecular formula is C22H23BrN2O6. The van der Waals surface area contributed by atoms with Crippen LogP contribution in [-0.2, 0) is 6.54 Å². The molecule has 0 unspecified atom stereocenters. The number of anilines is 1. The predicted octanol–water partition coefficient (Wildman–Crippen LogP) is 4.59. The lowest BCUT2D eigenvalue weighted by Crippen LogP contribution is -2.46. The van der Waals surface area contributed by atoms with Crippen LogP contribution >= 0.6 is 15.9 Å². The molecule has 0 saturated carbocycles. The molecule has 2 heterocycles. The van der Waals surface area contributed by atoms with Crippen molar-refractivity contribution in [2.45, 2.75) is 6.54 Å². The number of nitrogens with zero attached hydrogens (tertiary/aromatic N) is 2. The van der Waals surface area contributed by atoms with Crippen LogP contribution in [0.2, 0.25) is 0 Å². The van der Waals surface area contributed by atoms with Crippen LogP contribution in [0.3, 0.4) is 0 Å². The topological polar surface area (TPSA) is 84.6 Å². The predicted molar refractivity (Wildman–Crippen MR) is 120 cm³/mol. The fraction of sp³-hybridized carbons (Fsp3) is 0.318. The van der Waals surface area contributed by atoms with Gasteiger partial charge in [-0.1, -0.05) is 0 Å². The third-order valence-electron chi connectivity index (χ3n) is 5.31. The molecule has 1 aliphatic heterocycles. The molecule has 0 aliphatic carbocycles. The van der Waals surface area contributed by atoms with Crippen molar-refractivity contribution in [3.8, 4) is 17.4 Å². The van der Waals surface area contributed by atoms with Gasteiger partial charge in [0.2, 0.25) is 0 Å². The first-order chi connectivity index (χ1) is 15.0. The van der Waals surface area contributed by atoms with Crippen LogP contribution in [0, 0.1) is 0 Å². The van der Waals surface area contributed by atoms with Gasteiger partial charge < -0.3 is 28.6 Å². The van der Waals surface area contributed by atoms with Crippen LogP contribution in [0.15, 0.2) is 45.3 Å². The monoisotopic (exact) mass is 490 g/mol. The number of methoxy groups -OCH3 is 2. The number of hydrogen-bond donors (Lipinski definition) is 1. The number of carbonyl (C=O) groups is 1. The van der Waals surface area contributed by atoms with Crippen molar-refractivity contribution in [3.05, 3.63) is 46.4 Å². The maximum Gasteiger partial charge on any atom is 0.513 e. The summed E-state index contributed by atoms with van der Waals surface area (Å²) < 4.78 is 21.7. The first kappa shape index (κ1) is 21.3. The summed E-state index contributed by atoms with van der Waals surface area (Å²) in [6.45, 7) is 4.36. The molecule has 1 aromatic heterocycles. The van der Waals surface area contributed by atoms with E-state index in [1.165, 1.54) is 0 Å². The van der Waals surface area contributed by atoms with E-state index in [1.807, 2.05) is 30.3 Å². The lowest BCUT2D eigenvalue weighted by molar-refractivity contribution is 0.134. The molecule has 1 fully saturated rings. The van der Waals surface area contributed by atoms with Gasteiger partial charge in [-0.2, -0.15) is 0 Å². The number of fused-ring (bicyclic) bond motifs is 1. The van der Waals surface area contributed by atoms with Crippen LogP contribution in [-0.4, -0.2) is 56.6 Å².